The maximum atomic E-state index is 5.45. The van der Waals surface area contributed by atoms with E-state index in [2.05, 4.69) is 22.5 Å². The van der Waals surface area contributed by atoms with Crippen LogP contribution in [0, 0.1) is 6.92 Å². The second-order valence-corrected chi connectivity index (χ2v) is 7.15. The first-order valence-electron chi connectivity index (χ1n) is 8.99. The molecule has 2 heterocycles. The normalized spacial score (nSPS) is 11.2. The van der Waals surface area contributed by atoms with Gasteiger partial charge in [0.05, 0.1) is 11.0 Å². The van der Waals surface area contributed by atoms with Gasteiger partial charge >= 0.3 is 0 Å². The van der Waals surface area contributed by atoms with Crippen LogP contribution in [-0.4, -0.2) is 20.1 Å². The van der Waals surface area contributed by atoms with Crippen LogP contribution in [0.4, 0.5) is 11.4 Å². The molecule has 0 fully saturated rings. The molecule has 0 aliphatic heterocycles. The molecule has 2 aromatic heterocycles. The van der Waals surface area contributed by atoms with Gasteiger partial charge in [0.1, 0.15) is 5.52 Å². The number of benzene rings is 3. The summed E-state index contributed by atoms with van der Waals surface area (Å²) in [7, 11) is 0. The van der Waals surface area contributed by atoms with Crippen molar-refractivity contribution >= 4 is 61.8 Å². The van der Waals surface area contributed by atoms with Crippen molar-refractivity contribution < 1.29 is 0 Å². The zero-order chi connectivity index (χ0) is 19.1. The Hall–Kier alpha value is -3.51. The third-order valence-electron chi connectivity index (χ3n) is 4.67. The quantitative estimate of drug-likeness (QED) is 0.357. The molecule has 0 amide bonds. The minimum atomic E-state index is 0.541. The summed E-state index contributed by atoms with van der Waals surface area (Å²) in [5.41, 5.74) is 7.45. The fourth-order valence-electron chi connectivity index (χ4n) is 3.26. The lowest BCUT2D eigenvalue weighted by Gasteiger charge is -2.11. The zero-order valence-corrected chi connectivity index (χ0v) is 16.0. The highest BCUT2D eigenvalue weighted by molar-refractivity contribution is 7.80. The molecule has 6 heteroatoms. The minimum absolute atomic E-state index is 0.541. The highest BCUT2D eigenvalue weighted by atomic mass is 32.1. The molecule has 3 aromatic carbocycles. The molecule has 0 atom stereocenters. The number of thiocarbonyl (C=S) groups is 1. The maximum Gasteiger partial charge on any atom is 0.175 e. The van der Waals surface area contributed by atoms with Gasteiger partial charge in [-0.25, -0.2) is 9.97 Å². The van der Waals surface area contributed by atoms with Crippen molar-refractivity contribution in [2.75, 3.05) is 10.6 Å². The number of nitrogens with one attached hydrogen (secondary N) is 3. The van der Waals surface area contributed by atoms with Crippen molar-refractivity contribution in [1.82, 2.24) is 15.0 Å². The van der Waals surface area contributed by atoms with E-state index in [-0.39, 0.29) is 0 Å². The third-order valence-corrected chi connectivity index (χ3v) is 4.87. The predicted molar refractivity (Wildman–Crippen MR) is 120 cm³/mol. The van der Waals surface area contributed by atoms with E-state index in [1.165, 1.54) is 5.56 Å². The molecule has 0 aliphatic rings. The number of para-hydroxylation sites is 2. The van der Waals surface area contributed by atoms with E-state index in [0.717, 1.165) is 44.5 Å². The molecular weight excluding hydrogens is 366 g/mol. The summed E-state index contributed by atoms with van der Waals surface area (Å²) in [5, 5.41) is 8.00. The van der Waals surface area contributed by atoms with Gasteiger partial charge < -0.3 is 15.6 Å². The first-order valence-corrected chi connectivity index (χ1v) is 9.39. The van der Waals surface area contributed by atoms with Gasteiger partial charge in [-0.1, -0.05) is 29.8 Å². The van der Waals surface area contributed by atoms with Crippen molar-refractivity contribution in [2.24, 2.45) is 0 Å². The molecule has 0 saturated carbocycles. The zero-order valence-electron chi connectivity index (χ0n) is 15.2. The Morgan fingerprint density at radius 3 is 2.32 bits per heavy atom. The standard InChI is InChI=1S/C22H17N5S/c1-13-6-8-14(9-7-13)23-22(28)24-15-10-11-17-16(12-15)20-21(26-17)27-19-5-3-2-4-18(19)25-20/h2-12H,1H3,(H,26,27)(H2,23,24,28). The molecule has 5 rings (SSSR count). The lowest BCUT2D eigenvalue weighted by molar-refractivity contribution is 1.36. The van der Waals surface area contributed by atoms with E-state index in [1.54, 1.807) is 0 Å². The summed E-state index contributed by atoms with van der Waals surface area (Å²) in [5.74, 6) is 0. The maximum absolute atomic E-state index is 5.45. The Kier molecular flexibility index (Phi) is 3.91. The first kappa shape index (κ1) is 16.6. The highest BCUT2D eigenvalue weighted by Crippen LogP contribution is 2.27. The molecule has 28 heavy (non-hydrogen) atoms. The summed E-state index contributed by atoms with van der Waals surface area (Å²) in [6, 6.07) is 22.0. The average Bonchev–Trinajstić information content (AvgIpc) is 3.05. The Morgan fingerprint density at radius 1 is 0.857 bits per heavy atom. The van der Waals surface area contributed by atoms with E-state index in [9.17, 15) is 0 Å². The molecule has 0 saturated heterocycles. The summed E-state index contributed by atoms with van der Waals surface area (Å²) < 4.78 is 0. The third kappa shape index (κ3) is 3.04. The van der Waals surface area contributed by atoms with Crippen LogP contribution in [0.3, 0.4) is 0 Å². The van der Waals surface area contributed by atoms with Crippen LogP contribution in [0.2, 0.25) is 0 Å². The molecule has 0 aliphatic carbocycles. The molecule has 0 unspecified atom stereocenters. The van der Waals surface area contributed by atoms with E-state index >= 15 is 0 Å². The number of aryl methyl sites for hydroxylation is 1. The molecule has 5 nitrogen and oxygen atoms in total. The topological polar surface area (TPSA) is 65.6 Å². The highest BCUT2D eigenvalue weighted by Gasteiger charge is 2.10. The monoisotopic (exact) mass is 383 g/mol. The number of fused-ring (bicyclic) bond motifs is 4. The van der Waals surface area contributed by atoms with Crippen LogP contribution in [0.1, 0.15) is 5.56 Å². The van der Waals surface area contributed by atoms with E-state index in [4.69, 9.17) is 22.2 Å². The van der Waals surface area contributed by atoms with Gasteiger partial charge in [0.25, 0.3) is 0 Å². The number of aromatic nitrogens is 3. The Labute approximate surface area is 166 Å². The largest absolute Gasteiger partial charge is 0.338 e. The molecule has 3 N–H and O–H groups in total. The lowest BCUT2D eigenvalue weighted by Crippen LogP contribution is -2.18. The van der Waals surface area contributed by atoms with E-state index in [1.807, 2.05) is 66.7 Å². The van der Waals surface area contributed by atoms with Gasteiger partial charge in [0.2, 0.25) is 0 Å². The van der Waals surface area contributed by atoms with E-state index in [0.29, 0.717) is 5.11 Å². The van der Waals surface area contributed by atoms with Crippen molar-refractivity contribution in [3.63, 3.8) is 0 Å². The second-order valence-electron chi connectivity index (χ2n) is 6.74. The van der Waals surface area contributed by atoms with Gasteiger partial charge in [0.15, 0.2) is 10.8 Å². The number of H-pyrrole nitrogens is 1. The first-order chi connectivity index (χ1) is 13.7. The van der Waals surface area contributed by atoms with Crippen LogP contribution in [0.25, 0.3) is 33.1 Å². The number of rotatable bonds is 2. The Morgan fingerprint density at radius 2 is 1.54 bits per heavy atom. The summed E-state index contributed by atoms with van der Waals surface area (Å²) in [6.07, 6.45) is 0. The van der Waals surface area contributed by atoms with Crippen LogP contribution in [0.15, 0.2) is 66.7 Å². The molecule has 5 aromatic rings. The minimum Gasteiger partial charge on any atom is -0.338 e. The molecule has 0 radical (unpaired) electrons. The number of hydrogen-bond acceptors (Lipinski definition) is 3. The van der Waals surface area contributed by atoms with Crippen molar-refractivity contribution in [3.05, 3.63) is 72.3 Å². The SMILES string of the molecule is Cc1ccc(NC(=S)Nc2ccc3[nH]c4nc5ccccc5nc4c3c2)cc1. The van der Waals surface area contributed by atoms with Gasteiger partial charge in [0, 0.05) is 22.3 Å². The summed E-state index contributed by atoms with van der Waals surface area (Å²) in [6.45, 7) is 2.06. The van der Waals surface area contributed by atoms with Gasteiger partial charge in [-0.05, 0) is 61.6 Å². The lowest BCUT2D eigenvalue weighted by atomic mass is 10.2. The van der Waals surface area contributed by atoms with Crippen molar-refractivity contribution in [3.8, 4) is 0 Å². The summed E-state index contributed by atoms with van der Waals surface area (Å²) >= 11 is 5.45. The van der Waals surface area contributed by atoms with Gasteiger partial charge in [-0.2, -0.15) is 0 Å². The smallest absolute Gasteiger partial charge is 0.175 e. The molecule has 0 bridgehead atoms. The number of aromatic amines is 1. The Bertz CT molecular complexity index is 1340. The van der Waals surface area contributed by atoms with Crippen LogP contribution >= 0.6 is 12.2 Å². The average molecular weight is 383 g/mol. The van der Waals surface area contributed by atoms with Gasteiger partial charge in [-0.3, -0.25) is 0 Å². The van der Waals surface area contributed by atoms with E-state index < -0.39 is 0 Å². The fourth-order valence-corrected chi connectivity index (χ4v) is 3.50. The van der Waals surface area contributed by atoms with Crippen LogP contribution in [-0.2, 0) is 0 Å². The van der Waals surface area contributed by atoms with Crippen LogP contribution < -0.4 is 10.6 Å². The fraction of sp³-hybridized carbons (Fsp3) is 0.0455. The molecule has 136 valence electrons. The number of anilines is 2. The molecular formula is C22H17N5S. The Balaban J connectivity index is 1.48. The predicted octanol–water partition coefficient (Wildman–Crippen LogP) is 5.38. The molecule has 0 spiro atoms. The number of hydrogen-bond donors (Lipinski definition) is 3. The summed E-state index contributed by atoms with van der Waals surface area (Å²) in [4.78, 5) is 12.8. The second kappa shape index (κ2) is 6.58. The number of nitrogens with zero attached hydrogens (tertiary/aromatic N) is 2. The van der Waals surface area contributed by atoms with Crippen LogP contribution in [0.5, 0.6) is 0 Å². The van der Waals surface area contributed by atoms with Crippen molar-refractivity contribution in [1.29, 1.82) is 0 Å². The van der Waals surface area contributed by atoms with Crippen molar-refractivity contribution in [2.45, 2.75) is 6.92 Å². The van der Waals surface area contributed by atoms with Gasteiger partial charge in [-0.15, -0.1) is 0 Å².